The maximum Gasteiger partial charge on any atom is 0.387 e. The Balaban J connectivity index is 1.95. The number of halogens is 2. The van der Waals surface area contributed by atoms with Crippen LogP contribution in [0.15, 0.2) is 48.5 Å². The van der Waals surface area contributed by atoms with Crippen molar-refractivity contribution in [2.45, 2.75) is 6.61 Å². The Bertz CT molecular complexity index is 736. The van der Waals surface area contributed by atoms with E-state index in [2.05, 4.69) is 10.1 Å². The summed E-state index contributed by atoms with van der Waals surface area (Å²) in [5.41, 5.74) is -0.0758. The molecular formula is C16H13F2NO5. The molecule has 126 valence electrons. The third-order valence-corrected chi connectivity index (χ3v) is 2.84. The number of hydrogen-bond donors (Lipinski definition) is 2. The Labute approximate surface area is 135 Å². The maximum atomic E-state index is 12.3. The smallest absolute Gasteiger partial charge is 0.387 e. The predicted molar refractivity (Wildman–Crippen MR) is 80.1 cm³/mol. The van der Waals surface area contributed by atoms with E-state index in [-0.39, 0.29) is 22.7 Å². The lowest BCUT2D eigenvalue weighted by molar-refractivity contribution is -0.119. The summed E-state index contributed by atoms with van der Waals surface area (Å²) in [6, 6.07) is 11.3. The highest BCUT2D eigenvalue weighted by Crippen LogP contribution is 2.25. The van der Waals surface area contributed by atoms with Crippen LogP contribution in [-0.2, 0) is 9.53 Å². The third kappa shape index (κ3) is 4.67. The van der Waals surface area contributed by atoms with Crippen molar-refractivity contribution in [3.05, 3.63) is 54.1 Å². The number of rotatable bonds is 6. The molecule has 0 bridgehead atoms. The van der Waals surface area contributed by atoms with E-state index in [1.807, 2.05) is 0 Å². The van der Waals surface area contributed by atoms with Crippen molar-refractivity contribution in [3.63, 3.8) is 0 Å². The zero-order chi connectivity index (χ0) is 17.5. The quantitative estimate of drug-likeness (QED) is 0.792. The van der Waals surface area contributed by atoms with Gasteiger partial charge in [0.25, 0.3) is 5.91 Å². The van der Waals surface area contributed by atoms with Crippen molar-refractivity contribution < 1.29 is 33.0 Å². The highest BCUT2D eigenvalue weighted by molar-refractivity contribution is 5.97. The van der Waals surface area contributed by atoms with Crippen LogP contribution in [0.1, 0.15) is 10.4 Å². The number of ether oxygens (including phenoxy) is 2. The molecule has 0 heterocycles. The summed E-state index contributed by atoms with van der Waals surface area (Å²) in [4.78, 5) is 23.5. The molecule has 0 saturated heterocycles. The van der Waals surface area contributed by atoms with Gasteiger partial charge in [0.15, 0.2) is 6.61 Å². The Hall–Kier alpha value is -3.16. The number of para-hydroxylation sites is 3. The molecule has 6 nitrogen and oxygen atoms in total. The van der Waals surface area contributed by atoms with Gasteiger partial charge in [-0.25, -0.2) is 4.79 Å². The molecule has 1 amide bonds. The largest absolute Gasteiger partial charge is 0.507 e. The van der Waals surface area contributed by atoms with Gasteiger partial charge < -0.3 is 19.9 Å². The number of alkyl halides is 2. The lowest BCUT2D eigenvalue weighted by Crippen LogP contribution is -2.21. The average molecular weight is 337 g/mol. The highest BCUT2D eigenvalue weighted by atomic mass is 19.3. The van der Waals surface area contributed by atoms with Gasteiger partial charge in [-0.3, -0.25) is 4.79 Å². The summed E-state index contributed by atoms with van der Waals surface area (Å²) in [6.07, 6.45) is 0. The molecule has 8 heteroatoms. The first-order valence-corrected chi connectivity index (χ1v) is 6.76. The van der Waals surface area contributed by atoms with Gasteiger partial charge in [-0.15, -0.1) is 0 Å². The maximum absolute atomic E-state index is 12.3. The number of esters is 1. The van der Waals surface area contributed by atoms with Crippen molar-refractivity contribution in [1.82, 2.24) is 0 Å². The molecule has 0 fully saturated rings. The zero-order valence-corrected chi connectivity index (χ0v) is 12.2. The molecule has 0 aliphatic heterocycles. The van der Waals surface area contributed by atoms with Crippen LogP contribution < -0.4 is 10.1 Å². The van der Waals surface area contributed by atoms with Gasteiger partial charge in [0, 0.05) is 0 Å². The predicted octanol–water partition coefficient (Wildman–Crippen LogP) is 2.79. The second-order valence-corrected chi connectivity index (χ2v) is 4.52. The number of hydrogen-bond acceptors (Lipinski definition) is 5. The standard InChI is InChI=1S/C16H13F2NO5/c17-16(18)24-13-8-4-2-6-11(13)19-14(21)9-23-15(22)10-5-1-3-7-12(10)20/h1-8,16,20H,9H2,(H,19,21). The Morgan fingerprint density at radius 3 is 2.46 bits per heavy atom. The molecule has 0 unspecified atom stereocenters. The van der Waals surface area contributed by atoms with Gasteiger partial charge in [-0.2, -0.15) is 8.78 Å². The lowest BCUT2D eigenvalue weighted by atomic mass is 10.2. The molecule has 2 aromatic carbocycles. The van der Waals surface area contributed by atoms with Crippen LogP contribution in [0.3, 0.4) is 0 Å². The van der Waals surface area contributed by atoms with E-state index < -0.39 is 25.1 Å². The highest BCUT2D eigenvalue weighted by Gasteiger charge is 2.15. The van der Waals surface area contributed by atoms with E-state index >= 15 is 0 Å². The van der Waals surface area contributed by atoms with E-state index in [4.69, 9.17) is 4.74 Å². The lowest BCUT2D eigenvalue weighted by Gasteiger charge is -2.12. The zero-order valence-electron chi connectivity index (χ0n) is 12.2. The number of aromatic hydroxyl groups is 1. The minimum Gasteiger partial charge on any atom is -0.507 e. The van der Waals surface area contributed by atoms with Crippen LogP contribution >= 0.6 is 0 Å². The fourth-order valence-electron chi connectivity index (χ4n) is 1.81. The van der Waals surface area contributed by atoms with Crippen LogP contribution in [0.2, 0.25) is 0 Å². The molecule has 0 spiro atoms. The van der Waals surface area contributed by atoms with Crippen molar-refractivity contribution in [3.8, 4) is 11.5 Å². The fourth-order valence-corrected chi connectivity index (χ4v) is 1.81. The first-order chi connectivity index (χ1) is 11.5. The minimum atomic E-state index is -3.04. The van der Waals surface area contributed by atoms with E-state index in [9.17, 15) is 23.5 Å². The molecule has 0 aromatic heterocycles. The van der Waals surface area contributed by atoms with Gasteiger partial charge >= 0.3 is 12.6 Å². The molecule has 2 aromatic rings. The number of phenols is 1. The van der Waals surface area contributed by atoms with Crippen LogP contribution in [0.25, 0.3) is 0 Å². The Kier molecular flexibility index (Phi) is 5.67. The molecule has 0 saturated carbocycles. The summed E-state index contributed by atoms with van der Waals surface area (Å²) in [6.45, 7) is -3.70. The molecule has 2 N–H and O–H groups in total. The second-order valence-electron chi connectivity index (χ2n) is 4.52. The number of nitrogens with one attached hydrogen (secondary N) is 1. The van der Waals surface area contributed by atoms with Crippen molar-refractivity contribution >= 4 is 17.6 Å². The van der Waals surface area contributed by atoms with Gasteiger partial charge in [0.2, 0.25) is 0 Å². The Morgan fingerprint density at radius 1 is 1.08 bits per heavy atom. The number of anilines is 1. The molecule has 24 heavy (non-hydrogen) atoms. The molecule has 0 aliphatic carbocycles. The van der Waals surface area contributed by atoms with Gasteiger partial charge in [0.05, 0.1) is 5.69 Å². The molecular weight excluding hydrogens is 324 g/mol. The molecule has 0 radical (unpaired) electrons. The summed E-state index contributed by atoms with van der Waals surface area (Å²) in [7, 11) is 0. The van der Waals surface area contributed by atoms with Crippen molar-refractivity contribution in [2.75, 3.05) is 11.9 Å². The third-order valence-electron chi connectivity index (χ3n) is 2.84. The van der Waals surface area contributed by atoms with E-state index in [0.717, 1.165) is 0 Å². The number of benzene rings is 2. The first-order valence-electron chi connectivity index (χ1n) is 6.76. The fraction of sp³-hybridized carbons (Fsp3) is 0.125. The molecule has 2 rings (SSSR count). The summed E-state index contributed by atoms with van der Waals surface area (Å²) in [5.74, 6) is -2.13. The monoisotopic (exact) mass is 337 g/mol. The van der Waals surface area contributed by atoms with Crippen LogP contribution in [0.5, 0.6) is 11.5 Å². The van der Waals surface area contributed by atoms with Gasteiger partial charge in [-0.1, -0.05) is 24.3 Å². The Morgan fingerprint density at radius 2 is 1.75 bits per heavy atom. The van der Waals surface area contributed by atoms with E-state index in [1.54, 1.807) is 0 Å². The van der Waals surface area contributed by atoms with Gasteiger partial charge in [-0.05, 0) is 24.3 Å². The average Bonchev–Trinajstić information content (AvgIpc) is 2.54. The first kappa shape index (κ1) is 17.2. The van der Waals surface area contributed by atoms with Crippen LogP contribution in [-0.4, -0.2) is 30.2 Å². The van der Waals surface area contributed by atoms with E-state index in [0.29, 0.717) is 0 Å². The number of phenolic OH excluding ortho intramolecular Hbond substituents is 1. The summed E-state index contributed by atoms with van der Waals surface area (Å²) >= 11 is 0. The molecule has 0 atom stereocenters. The van der Waals surface area contributed by atoms with Crippen molar-refractivity contribution in [2.24, 2.45) is 0 Å². The molecule has 0 aliphatic rings. The summed E-state index contributed by atoms with van der Waals surface area (Å²) in [5, 5.41) is 11.8. The number of amides is 1. The summed E-state index contributed by atoms with van der Waals surface area (Å²) < 4.78 is 33.6. The van der Waals surface area contributed by atoms with Gasteiger partial charge in [0.1, 0.15) is 17.1 Å². The van der Waals surface area contributed by atoms with E-state index in [1.165, 1.54) is 48.5 Å². The topological polar surface area (TPSA) is 84.9 Å². The second kappa shape index (κ2) is 7.91. The number of carbonyl (C=O) groups is 2. The minimum absolute atomic E-state index is 0.0152. The van der Waals surface area contributed by atoms with Crippen LogP contribution in [0, 0.1) is 0 Å². The normalized spacial score (nSPS) is 10.3. The number of carbonyl (C=O) groups excluding carboxylic acids is 2. The van der Waals surface area contributed by atoms with Crippen LogP contribution in [0.4, 0.5) is 14.5 Å². The van der Waals surface area contributed by atoms with Crippen molar-refractivity contribution in [1.29, 1.82) is 0 Å². The SMILES string of the molecule is O=C(COC(=O)c1ccccc1O)Nc1ccccc1OC(F)F.